The van der Waals surface area contributed by atoms with E-state index in [1.165, 1.54) is 11.3 Å². The SMILES string of the molecule is Cc1nn(C)c(C)c1CC(=O)Nc1nc(-c2ccc[nH]2)cs1. The molecule has 0 saturated heterocycles. The van der Waals surface area contributed by atoms with Gasteiger partial charge >= 0.3 is 0 Å². The molecule has 0 bridgehead atoms. The Labute approximate surface area is 132 Å². The molecule has 3 heterocycles. The van der Waals surface area contributed by atoms with Crippen molar-refractivity contribution in [3.8, 4) is 11.4 Å². The van der Waals surface area contributed by atoms with E-state index < -0.39 is 0 Å². The average molecular weight is 315 g/mol. The summed E-state index contributed by atoms with van der Waals surface area (Å²) in [6.45, 7) is 3.89. The Morgan fingerprint density at radius 1 is 1.45 bits per heavy atom. The first-order valence-corrected chi connectivity index (χ1v) is 7.81. The van der Waals surface area contributed by atoms with Gasteiger partial charge in [-0.1, -0.05) is 0 Å². The zero-order valence-corrected chi connectivity index (χ0v) is 13.5. The number of hydrogen-bond acceptors (Lipinski definition) is 4. The van der Waals surface area contributed by atoms with E-state index in [0.717, 1.165) is 28.3 Å². The number of nitrogens with one attached hydrogen (secondary N) is 2. The number of thiazole rings is 1. The number of nitrogens with zero attached hydrogens (tertiary/aromatic N) is 3. The average Bonchev–Trinajstić information content (AvgIpc) is 3.17. The lowest BCUT2D eigenvalue weighted by atomic mass is 10.1. The quantitative estimate of drug-likeness (QED) is 0.777. The molecule has 6 nitrogen and oxygen atoms in total. The Balaban J connectivity index is 1.70. The molecule has 2 N–H and O–H groups in total. The summed E-state index contributed by atoms with van der Waals surface area (Å²) in [7, 11) is 1.88. The van der Waals surface area contributed by atoms with E-state index in [2.05, 4.69) is 20.4 Å². The molecule has 0 fully saturated rings. The molecule has 3 rings (SSSR count). The number of aromatic nitrogens is 4. The maximum absolute atomic E-state index is 12.2. The number of hydrogen-bond donors (Lipinski definition) is 2. The van der Waals surface area contributed by atoms with Crippen LogP contribution in [0.2, 0.25) is 0 Å². The van der Waals surface area contributed by atoms with Crippen LogP contribution in [0.5, 0.6) is 0 Å². The van der Waals surface area contributed by atoms with Gasteiger partial charge in [0.05, 0.1) is 23.5 Å². The van der Waals surface area contributed by atoms with E-state index in [9.17, 15) is 4.79 Å². The third-order valence-electron chi connectivity index (χ3n) is 3.62. The molecule has 0 radical (unpaired) electrons. The van der Waals surface area contributed by atoms with Crippen molar-refractivity contribution in [3.63, 3.8) is 0 Å². The molecule has 3 aromatic rings. The summed E-state index contributed by atoms with van der Waals surface area (Å²) in [6.07, 6.45) is 2.16. The van der Waals surface area contributed by atoms with E-state index in [-0.39, 0.29) is 5.91 Å². The smallest absolute Gasteiger partial charge is 0.230 e. The predicted octanol–water partition coefficient (Wildman–Crippen LogP) is 2.67. The van der Waals surface area contributed by atoms with Gasteiger partial charge in [0.25, 0.3) is 0 Å². The van der Waals surface area contributed by atoms with Gasteiger partial charge in [-0.05, 0) is 26.0 Å². The fourth-order valence-corrected chi connectivity index (χ4v) is 3.07. The Morgan fingerprint density at radius 3 is 2.91 bits per heavy atom. The van der Waals surface area contributed by atoms with Gasteiger partial charge in [0.2, 0.25) is 5.91 Å². The topological polar surface area (TPSA) is 75.6 Å². The van der Waals surface area contributed by atoms with Crippen LogP contribution in [0.25, 0.3) is 11.4 Å². The molecule has 0 aromatic carbocycles. The number of amides is 1. The Bertz CT molecular complexity index is 800. The molecule has 3 aromatic heterocycles. The van der Waals surface area contributed by atoms with Crippen molar-refractivity contribution in [3.05, 3.63) is 40.7 Å². The molecule has 0 aliphatic heterocycles. The van der Waals surface area contributed by atoms with Crippen LogP contribution < -0.4 is 5.32 Å². The fraction of sp³-hybridized carbons (Fsp3) is 0.267. The maximum Gasteiger partial charge on any atom is 0.230 e. The van der Waals surface area contributed by atoms with Crippen LogP contribution >= 0.6 is 11.3 Å². The molecule has 0 saturated carbocycles. The summed E-state index contributed by atoms with van der Waals surface area (Å²) < 4.78 is 1.80. The number of aromatic amines is 1. The fourth-order valence-electron chi connectivity index (χ4n) is 2.34. The van der Waals surface area contributed by atoms with Crippen molar-refractivity contribution in [1.82, 2.24) is 19.7 Å². The number of rotatable bonds is 4. The number of aryl methyl sites for hydroxylation is 2. The van der Waals surface area contributed by atoms with Crippen molar-refractivity contribution in [1.29, 1.82) is 0 Å². The van der Waals surface area contributed by atoms with Crippen molar-refractivity contribution in [2.45, 2.75) is 20.3 Å². The minimum atomic E-state index is -0.0772. The lowest BCUT2D eigenvalue weighted by Gasteiger charge is -2.02. The number of carbonyl (C=O) groups excluding carboxylic acids is 1. The molecule has 22 heavy (non-hydrogen) atoms. The summed E-state index contributed by atoms with van der Waals surface area (Å²) in [4.78, 5) is 19.7. The van der Waals surface area contributed by atoms with Crippen LogP contribution in [0.1, 0.15) is 17.0 Å². The van der Waals surface area contributed by atoms with Gasteiger partial charge in [0, 0.05) is 29.9 Å². The van der Waals surface area contributed by atoms with E-state index in [4.69, 9.17) is 0 Å². The maximum atomic E-state index is 12.2. The molecular formula is C15H17N5OS. The van der Waals surface area contributed by atoms with E-state index in [0.29, 0.717) is 11.6 Å². The highest BCUT2D eigenvalue weighted by Gasteiger charge is 2.15. The first kappa shape index (κ1) is 14.5. The minimum Gasteiger partial charge on any atom is -0.360 e. The van der Waals surface area contributed by atoms with Gasteiger partial charge in [-0.3, -0.25) is 9.48 Å². The van der Waals surface area contributed by atoms with E-state index in [1.54, 1.807) is 4.68 Å². The molecule has 114 valence electrons. The minimum absolute atomic E-state index is 0.0772. The summed E-state index contributed by atoms with van der Waals surface area (Å²) >= 11 is 1.42. The summed E-state index contributed by atoms with van der Waals surface area (Å²) in [6, 6.07) is 3.86. The highest BCUT2D eigenvalue weighted by molar-refractivity contribution is 7.14. The van der Waals surface area contributed by atoms with Gasteiger partial charge in [-0.2, -0.15) is 5.10 Å². The predicted molar refractivity (Wildman–Crippen MR) is 86.9 cm³/mol. The first-order valence-electron chi connectivity index (χ1n) is 6.93. The molecule has 0 aliphatic rings. The largest absolute Gasteiger partial charge is 0.360 e. The first-order chi connectivity index (χ1) is 10.5. The van der Waals surface area contributed by atoms with Crippen LogP contribution in [0, 0.1) is 13.8 Å². The van der Waals surface area contributed by atoms with Crippen LogP contribution in [0.3, 0.4) is 0 Å². The van der Waals surface area contributed by atoms with Gasteiger partial charge in [-0.25, -0.2) is 4.98 Å². The number of H-pyrrole nitrogens is 1. The van der Waals surface area contributed by atoms with Crippen LogP contribution in [-0.4, -0.2) is 25.7 Å². The molecule has 0 atom stereocenters. The van der Waals surface area contributed by atoms with Crippen LogP contribution in [0.4, 0.5) is 5.13 Å². The zero-order valence-electron chi connectivity index (χ0n) is 12.7. The third-order valence-corrected chi connectivity index (χ3v) is 4.38. The molecule has 0 unspecified atom stereocenters. The second-order valence-electron chi connectivity index (χ2n) is 5.12. The number of anilines is 1. The number of carbonyl (C=O) groups is 1. The van der Waals surface area contributed by atoms with Crippen molar-refractivity contribution in [2.75, 3.05) is 5.32 Å². The summed E-state index contributed by atoms with van der Waals surface area (Å²) in [5.74, 6) is -0.0772. The lowest BCUT2D eigenvalue weighted by molar-refractivity contribution is -0.115. The summed E-state index contributed by atoms with van der Waals surface area (Å²) in [5.41, 5.74) is 4.65. The zero-order chi connectivity index (χ0) is 15.7. The van der Waals surface area contributed by atoms with E-state index in [1.807, 2.05) is 44.6 Å². The molecule has 1 amide bonds. The van der Waals surface area contributed by atoms with Gasteiger partial charge in [0.1, 0.15) is 0 Å². The molecule has 7 heteroatoms. The Hall–Kier alpha value is -2.41. The summed E-state index contributed by atoms with van der Waals surface area (Å²) in [5, 5.41) is 9.71. The van der Waals surface area contributed by atoms with Gasteiger partial charge in [0.15, 0.2) is 5.13 Å². The highest BCUT2D eigenvalue weighted by atomic mass is 32.1. The van der Waals surface area contributed by atoms with Gasteiger partial charge < -0.3 is 10.3 Å². The Morgan fingerprint density at radius 2 is 2.27 bits per heavy atom. The standard InChI is InChI=1S/C15H17N5OS/c1-9-11(10(2)20(3)19-9)7-14(21)18-15-17-13(8-22-15)12-5-4-6-16-12/h4-6,8,16H,7H2,1-3H3,(H,17,18,21). The Kier molecular flexibility index (Phi) is 3.81. The van der Waals surface area contributed by atoms with Crippen LogP contribution in [-0.2, 0) is 18.3 Å². The van der Waals surface area contributed by atoms with E-state index >= 15 is 0 Å². The lowest BCUT2D eigenvalue weighted by Crippen LogP contribution is -2.15. The monoisotopic (exact) mass is 315 g/mol. The van der Waals surface area contributed by atoms with Crippen molar-refractivity contribution >= 4 is 22.4 Å². The van der Waals surface area contributed by atoms with Crippen molar-refractivity contribution < 1.29 is 4.79 Å². The highest BCUT2D eigenvalue weighted by Crippen LogP contribution is 2.23. The van der Waals surface area contributed by atoms with Crippen molar-refractivity contribution in [2.24, 2.45) is 7.05 Å². The molecule has 0 aliphatic carbocycles. The molecule has 0 spiro atoms. The molecular weight excluding hydrogens is 298 g/mol. The third kappa shape index (κ3) is 2.80. The second kappa shape index (κ2) is 5.76. The second-order valence-corrected chi connectivity index (χ2v) is 5.98. The van der Waals surface area contributed by atoms with Gasteiger partial charge in [-0.15, -0.1) is 11.3 Å². The normalized spacial score (nSPS) is 10.9. The van der Waals surface area contributed by atoms with Crippen LogP contribution in [0.15, 0.2) is 23.7 Å².